The average Bonchev–Trinajstić information content (AvgIpc) is 3.14. The number of nitrogens with one attached hydrogen (secondary N) is 1. The van der Waals surface area contributed by atoms with Gasteiger partial charge >= 0.3 is 0 Å². The second-order valence-electron chi connectivity index (χ2n) is 19.6. The zero-order valence-corrected chi connectivity index (χ0v) is 41.4. The number of nitrogens with zero attached hydrogens (tertiary/aromatic N) is 5. The van der Waals surface area contributed by atoms with E-state index < -0.39 is 16.6 Å². The smallest absolute Gasteiger partial charge is 0.274 e. The van der Waals surface area contributed by atoms with Crippen molar-refractivity contribution >= 4 is 51.4 Å². The molecule has 4 aromatic rings. The van der Waals surface area contributed by atoms with Gasteiger partial charge in [-0.1, -0.05) is 95.1 Å². The number of hydrogen-bond acceptors (Lipinski definition) is 9. The summed E-state index contributed by atoms with van der Waals surface area (Å²) in [7, 11) is -2.07. The summed E-state index contributed by atoms with van der Waals surface area (Å²) in [5, 5.41) is 4.19. The van der Waals surface area contributed by atoms with Crippen molar-refractivity contribution in [2.45, 2.75) is 123 Å². The number of anilines is 1. The molecule has 0 bridgehead atoms. The van der Waals surface area contributed by atoms with E-state index in [-0.39, 0.29) is 22.1 Å². The van der Waals surface area contributed by atoms with E-state index in [9.17, 15) is 4.79 Å². The van der Waals surface area contributed by atoms with Gasteiger partial charge in [0.05, 0.1) is 46.5 Å². The van der Waals surface area contributed by atoms with E-state index in [0.29, 0.717) is 75.4 Å². The Balaban J connectivity index is 1.15. The predicted octanol–water partition coefficient (Wildman–Crippen LogP) is 11.1. The van der Waals surface area contributed by atoms with E-state index in [1.807, 2.05) is 36.4 Å². The second kappa shape index (κ2) is 17.9. The van der Waals surface area contributed by atoms with Crippen LogP contribution in [0, 0.1) is 6.92 Å². The molecular weight excluding hydrogens is 828 g/mol. The summed E-state index contributed by atoms with van der Waals surface area (Å²) >= 11 is 14.2. The zero-order chi connectivity index (χ0) is 43.9. The molecule has 2 aromatic heterocycles. The molecule has 14 heteroatoms. The number of carbonyl (C=O) groups excluding carboxylic acids is 1. The van der Waals surface area contributed by atoms with Gasteiger partial charge in [-0.15, -0.1) is 0 Å². The number of likely N-dealkylation sites (tertiary alicyclic amines) is 1. The van der Waals surface area contributed by atoms with Gasteiger partial charge in [-0.2, -0.15) is 0 Å². The molecule has 1 fully saturated rings. The molecule has 0 saturated carbocycles. The van der Waals surface area contributed by atoms with Crippen molar-refractivity contribution in [2.24, 2.45) is 0 Å². The second-order valence-corrected chi connectivity index (χ2v) is 29.9. The fourth-order valence-electron chi connectivity index (χ4n) is 7.29. The average molecular weight is 892 g/mol. The summed E-state index contributed by atoms with van der Waals surface area (Å²) in [6.07, 6.45) is 2.84. The molecule has 0 spiro atoms. The van der Waals surface area contributed by atoms with Crippen molar-refractivity contribution in [1.82, 2.24) is 24.8 Å². The van der Waals surface area contributed by atoms with Crippen LogP contribution in [0.3, 0.4) is 0 Å². The number of amides is 1. The van der Waals surface area contributed by atoms with Gasteiger partial charge in [0.15, 0.2) is 16.6 Å². The molecule has 1 saturated heterocycles. The van der Waals surface area contributed by atoms with Crippen LogP contribution in [0.4, 0.5) is 5.69 Å². The Morgan fingerprint density at radius 3 is 2.20 bits per heavy atom. The Bertz CT molecular complexity index is 2220. The molecule has 2 aliphatic rings. The van der Waals surface area contributed by atoms with Gasteiger partial charge in [0.1, 0.15) is 11.4 Å². The highest BCUT2D eigenvalue weighted by Gasteiger charge is 2.42. The maximum absolute atomic E-state index is 13.8. The highest BCUT2D eigenvalue weighted by atomic mass is 35.5. The van der Waals surface area contributed by atoms with Gasteiger partial charge in [0, 0.05) is 62.1 Å². The molecule has 6 rings (SSSR count). The molecule has 0 radical (unpaired) electrons. The van der Waals surface area contributed by atoms with Crippen molar-refractivity contribution in [1.29, 1.82) is 0 Å². The number of fused-ring (bicyclic) bond motifs is 1. The van der Waals surface area contributed by atoms with Crippen LogP contribution in [0.2, 0.25) is 46.3 Å². The first kappa shape index (κ1) is 46.3. The Morgan fingerprint density at radius 1 is 0.917 bits per heavy atom. The molecule has 1 amide bonds. The molecule has 2 aromatic carbocycles. The normalized spacial score (nSPS) is 17.0. The van der Waals surface area contributed by atoms with Crippen LogP contribution < -0.4 is 10.1 Å². The number of rotatable bonds is 13. The molecule has 60 heavy (non-hydrogen) atoms. The number of halogens is 2. The van der Waals surface area contributed by atoms with E-state index >= 15 is 0 Å². The maximum Gasteiger partial charge on any atom is 0.274 e. The number of methoxy groups -OCH3 is 1. The summed E-state index contributed by atoms with van der Waals surface area (Å²) in [5.41, 5.74) is 7.41. The van der Waals surface area contributed by atoms with Crippen molar-refractivity contribution in [3.63, 3.8) is 0 Å². The number of aromatic nitrogens is 3. The van der Waals surface area contributed by atoms with E-state index in [2.05, 4.69) is 96.7 Å². The van der Waals surface area contributed by atoms with Crippen LogP contribution in [0.5, 0.6) is 5.88 Å². The molecule has 1 N–H and O–H groups in total. The Hall–Kier alpha value is -3.21. The fraction of sp³-hybridized carbons (Fsp3) is 0.522. The first-order valence-electron chi connectivity index (χ1n) is 21.1. The van der Waals surface area contributed by atoms with Crippen LogP contribution in [0.25, 0.3) is 22.4 Å². The highest BCUT2D eigenvalue weighted by Crippen LogP contribution is 2.42. The quantitative estimate of drug-likeness (QED) is 0.131. The summed E-state index contributed by atoms with van der Waals surface area (Å²) in [4.78, 5) is 33.1. The SMILES string of the molecule is COc1nc(-c2cccc(-c3cccc(NC(=O)c4cc(C)c5c(n4)CN(CCO[Si](C)(C)C(C)(C)C)C(C)C5)c3Cl)c2Cl)cnc1CN1CC(O[Si](C)(C)C(C)(C)C)C1. The predicted molar refractivity (Wildman–Crippen MR) is 250 cm³/mol. The first-order valence-corrected chi connectivity index (χ1v) is 27.6. The molecular formula is C46H64Cl2N6O4Si2. The number of hydrogen-bond donors (Lipinski definition) is 1. The lowest BCUT2D eigenvalue weighted by Gasteiger charge is -2.46. The number of benzene rings is 2. The molecule has 10 nitrogen and oxygen atoms in total. The van der Waals surface area contributed by atoms with E-state index in [0.717, 1.165) is 43.0 Å². The van der Waals surface area contributed by atoms with Gasteiger partial charge in [-0.3, -0.25) is 19.6 Å². The van der Waals surface area contributed by atoms with Crippen molar-refractivity contribution < 1.29 is 18.4 Å². The van der Waals surface area contributed by atoms with Gasteiger partial charge in [0.2, 0.25) is 5.88 Å². The first-order chi connectivity index (χ1) is 28.0. The lowest BCUT2D eigenvalue weighted by molar-refractivity contribution is 0.00441. The summed E-state index contributed by atoms with van der Waals surface area (Å²) in [5.74, 6) is 0.125. The third-order valence-electron chi connectivity index (χ3n) is 13.2. The highest BCUT2D eigenvalue weighted by molar-refractivity contribution is 6.74. The van der Waals surface area contributed by atoms with Crippen LogP contribution in [-0.2, 0) is 28.4 Å². The monoisotopic (exact) mass is 890 g/mol. The molecule has 2 aliphatic heterocycles. The number of carbonyl (C=O) groups is 1. The molecule has 0 aliphatic carbocycles. The van der Waals surface area contributed by atoms with Crippen LogP contribution in [0.15, 0.2) is 48.7 Å². The summed E-state index contributed by atoms with van der Waals surface area (Å²) in [6.45, 7) is 31.5. The van der Waals surface area contributed by atoms with E-state index in [1.54, 1.807) is 19.4 Å². The zero-order valence-electron chi connectivity index (χ0n) is 37.8. The van der Waals surface area contributed by atoms with E-state index in [4.69, 9.17) is 51.7 Å². The number of aryl methyl sites for hydroxylation is 1. The minimum absolute atomic E-state index is 0.157. The van der Waals surface area contributed by atoms with Crippen LogP contribution in [-0.4, -0.2) is 92.8 Å². The number of ether oxygens (including phenoxy) is 1. The van der Waals surface area contributed by atoms with Crippen molar-refractivity contribution in [2.75, 3.05) is 38.7 Å². The topological polar surface area (TPSA) is 102 Å². The van der Waals surface area contributed by atoms with Crippen LogP contribution >= 0.6 is 23.2 Å². The third-order valence-corrected chi connectivity index (χ3v) is 23.1. The molecule has 4 heterocycles. The molecule has 324 valence electrons. The lowest BCUT2D eigenvalue weighted by atomic mass is 9.94. The van der Waals surface area contributed by atoms with E-state index in [1.165, 1.54) is 5.56 Å². The maximum atomic E-state index is 13.8. The summed E-state index contributed by atoms with van der Waals surface area (Å²) < 4.78 is 18.8. The van der Waals surface area contributed by atoms with Crippen molar-refractivity contribution in [3.8, 4) is 28.3 Å². The summed E-state index contributed by atoms with van der Waals surface area (Å²) in [6, 6.07) is 13.5. The largest absolute Gasteiger partial charge is 0.480 e. The fourth-order valence-corrected chi connectivity index (χ4v) is 10.3. The number of pyridine rings is 1. The molecule has 1 atom stereocenters. The van der Waals surface area contributed by atoms with Crippen molar-refractivity contribution in [3.05, 3.63) is 86.9 Å². The minimum Gasteiger partial charge on any atom is -0.480 e. The van der Waals surface area contributed by atoms with Gasteiger partial charge in [0.25, 0.3) is 5.91 Å². The minimum atomic E-state index is -1.85. The van der Waals surface area contributed by atoms with Crippen LogP contribution in [0.1, 0.15) is 81.5 Å². The molecule has 1 unspecified atom stereocenters. The lowest BCUT2D eigenvalue weighted by Crippen LogP contribution is -2.57. The van der Waals surface area contributed by atoms with Gasteiger partial charge in [-0.25, -0.2) is 9.97 Å². The third kappa shape index (κ3) is 10.0. The Labute approximate surface area is 370 Å². The Kier molecular flexibility index (Phi) is 13.8. The standard InChI is InChI=1S/C46H64Cl2N6O4Si2/c1-29-22-37(50-39-28-54(30(2)23-35(29)39)20-21-57-59(10,11)45(3,4)5)43(55)51-36-19-15-17-33(42(36)48)32-16-14-18-34(41(32)47)38-24-49-40(44(52-38)56-9)27-53-25-31(26-53)58-60(12,13)46(6,7)8/h14-19,22,24,30-31H,20-21,23,25-28H2,1-13H3,(H,51,55). The van der Waals surface area contributed by atoms with Gasteiger partial charge in [-0.05, 0) is 79.8 Å². The Morgan fingerprint density at radius 2 is 1.55 bits per heavy atom. The van der Waals surface area contributed by atoms with Gasteiger partial charge < -0.3 is 18.9 Å².